The first-order valence-corrected chi connectivity index (χ1v) is 5.01. The maximum Gasteiger partial charge on any atom is 0.354 e. The summed E-state index contributed by atoms with van der Waals surface area (Å²) < 4.78 is 0. The lowest BCUT2D eigenvalue weighted by Gasteiger charge is -2.29. The van der Waals surface area contributed by atoms with Crippen molar-refractivity contribution in [2.45, 2.75) is 13.8 Å². The van der Waals surface area contributed by atoms with Crippen molar-refractivity contribution in [3.63, 3.8) is 0 Å². The van der Waals surface area contributed by atoms with Crippen LogP contribution in [0.1, 0.15) is 13.8 Å². The van der Waals surface area contributed by atoms with Crippen molar-refractivity contribution in [3.8, 4) is 0 Å². The Balaban J connectivity index is 2.47. The van der Waals surface area contributed by atoms with Crippen LogP contribution in [0.3, 0.4) is 0 Å². The highest BCUT2D eigenvalue weighted by atomic mass is 16.4. The molecule has 0 amide bonds. The van der Waals surface area contributed by atoms with Gasteiger partial charge in [0.25, 0.3) is 0 Å². The Morgan fingerprint density at radius 3 is 2.81 bits per heavy atom. The number of likely N-dealkylation sites (N-methyl/N-ethyl adjacent to an activating group) is 1. The minimum Gasteiger partial charge on any atom is -0.477 e. The zero-order valence-electron chi connectivity index (χ0n) is 9.19. The number of carbonyl (C=O) groups is 1. The molecule has 2 aliphatic rings. The highest BCUT2D eigenvalue weighted by molar-refractivity contribution is 5.88. The first-order valence-electron chi connectivity index (χ1n) is 5.01. The number of carboxylic acids is 1. The van der Waals surface area contributed by atoms with Crippen LogP contribution in [0.5, 0.6) is 0 Å². The summed E-state index contributed by atoms with van der Waals surface area (Å²) in [6.07, 6.45) is 3.52. The van der Waals surface area contributed by atoms with E-state index in [4.69, 9.17) is 10.9 Å². The molecule has 0 atom stereocenters. The number of rotatable bonds is 2. The lowest BCUT2D eigenvalue weighted by molar-refractivity contribution is -0.134. The number of allylic oxidation sites excluding steroid dienone is 2. The van der Waals surface area contributed by atoms with Gasteiger partial charge in [-0.15, -0.1) is 0 Å². The van der Waals surface area contributed by atoms with Crippen molar-refractivity contribution >= 4 is 5.97 Å². The van der Waals surface area contributed by atoms with Crippen LogP contribution in [0.25, 0.3) is 0 Å². The quantitative estimate of drug-likeness (QED) is 0.575. The minimum absolute atomic E-state index is 0.106. The molecule has 0 saturated heterocycles. The molecule has 0 fully saturated rings. The smallest absolute Gasteiger partial charge is 0.354 e. The van der Waals surface area contributed by atoms with Gasteiger partial charge < -0.3 is 10.5 Å². The van der Waals surface area contributed by atoms with Crippen molar-refractivity contribution in [3.05, 3.63) is 34.9 Å². The Hall–Kier alpha value is -1.95. The topological polar surface area (TPSA) is 81.8 Å². The molecule has 6 nitrogen and oxygen atoms in total. The molecule has 0 spiro atoms. The predicted octanol–water partition coefficient (Wildman–Crippen LogP) is 0.0997. The molecule has 0 unspecified atom stereocenters. The number of nitrogens with zero attached hydrogens (tertiary/aromatic N) is 2. The Morgan fingerprint density at radius 1 is 1.56 bits per heavy atom. The third-order valence-corrected chi connectivity index (χ3v) is 2.66. The number of carboxylic acid groups (broad SMARTS) is 1. The zero-order valence-corrected chi connectivity index (χ0v) is 9.19. The van der Waals surface area contributed by atoms with Gasteiger partial charge in [0.15, 0.2) is 0 Å². The molecule has 16 heavy (non-hydrogen) atoms. The van der Waals surface area contributed by atoms with E-state index < -0.39 is 5.97 Å². The fourth-order valence-electron chi connectivity index (χ4n) is 1.88. The van der Waals surface area contributed by atoms with Gasteiger partial charge in [-0.1, -0.05) is 0 Å². The number of hydrazine groups is 2. The minimum atomic E-state index is -1.02. The molecule has 4 N–H and O–H groups in total. The molecule has 2 aliphatic heterocycles. The van der Waals surface area contributed by atoms with E-state index in [1.807, 2.05) is 18.0 Å². The van der Waals surface area contributed by atoms with Crippen LogP contribution < -0.4 is 11.3 Å². The largest absolute Gasteiger partial charge is 0.477 e. The van der Waals surface area contributed by atoms with Gasteiger partial charge in [0, 0.05) is 12.7 Å². The van der Waals surface area contributed by atoms with E-state index in [1.54, 1.807) is 13.1 Å². The van der Waals surface area contributed by atoms with E-state index in [-0.39, 0.29) is 5.70 Å². The van der Waals surface area contributed by atoms with Crippen molar-refractivity contribution in [1.29, 1.82) is 0 Å². The Labute approximate surface area is 93.2 Å². The molecule has 0 aromatic carbocycles. The SMILES string of the molecule is CCN1NC=C2C1=CC(C)=C(C(=O)O)N2N. The third-order valence-electron chi connectivity index (χ3n) is 2.66. The van der Waals surface area contributed by atoms with Crippen LogP contribution >= 0.6 is 0 Å². The molecule has 0 aromatic heterocycles. The summed E-state index contributed by atoms with van der Waals surface area (Å²) in [6.45, 7) is 4.51. The zero-order chi connectivity index (χ0) is 11.9. The molecule has 0 saturated carbocycles. The van der Waals surface area contributed by atoms with Gasteiger partial charge in [0.2, 0.25) is 0 Å². The highest BCUT2D eigenvalue weighted by Crippen LogP contribution is 2.30. The average Bonchev–Trinajstić information content (AvgIpc) is 2.60. The molecule has 2 heterocycles. The van der Waals surface area contributed by atoms with Gasteiger partial charge in [0.1, 0.15) is 11.4 Å². The molecule has 0 aliphatic carbocycles. The summed E-state index contributed by atoms with van der Waals surface area (Å²) in [7, 11) is 0. The molecule has 86 valence electrons. The van der Waals surface area contributed by atoms with Crippen LogP contribution in [0.4, 0.5) is 0 Å². The lowest BCUT2D eigenvalue weighted by Crippen LogP contribution is -2.38. The van der Waals surface area contributed by atoms with E-state index in [0.29, 0.717) is 11.3 Å². The fourth-order valence-corrected chi connectivity index (χ4v) is 1.88. The lowest BCUT2D eigenvalue weighted by atomic mass is 10.1. The molecule has 6 heteroatoms. The van der Waals surface area contributed by atoms with E-state index >= 15 is 0 Å². The van der Waals surface area contributed by atoms with Crippen molar-refractivity contribution in [2.24, 2.45) is 5.84 Å². The molecule has 2 rings (SSSR count). The van der Waals surface area contributed by atoms with Crippen LogP contribution in [0, 0.1) is 0 Å². The van der Waals surface area contributed by atoms with E-state index in [0.717, 1.165) is 12.2 Å². The number of nitrogens with one attached hydrogen (secondary N) is 1. The number of nitrogens with two attached hydrogens (primary N) is 1. The van der Waals surface area contributed by atoms with Gasteiger partial charge in [-0.2, -0.15) is 0 Å². The summed E-state index contributed by atoms with van der Waals surface area (Å²) >= 11 is 0. The van der Waals surface area contributed by atoms with E-state index in [9.17, 15) is 4.79 Å². The van der Waals surface area contributed by atoms with Gasteiger partial charge in [-0.3, -0.25) is 10.0 Å². The summed E-state index contributed by atoms with van der Waals surface area (Å²) in [4.78, 5) is 11.0. The second-order valence-corrected chi connectivity index (χ2v) is 3.64. The van der Waals surface area contributed by atoms with Gasteiger partial charge >= 0.3 is 5.97 Å². The van der Waals surface area contributed by atoms with Crippen LogP contribution in [0.2, 0.25) is 0 Å². The summed E-state index contributed by atoms with van der Waals surface area (Å²) in [5.41, 5.74) is 5.34. The van der Waals surface area contributed by atoms with Crippen molar-refractivity contribution in [2.75, 3.05) is 6.54 Å². The Morgan fingerprint density at radius 2 is 2.25 bits per heavy atom. The molecule has 0 aromatic rings. The first-order chi connectivity index (χ1) is 7.56. The number of aliphatic carboxylic acids is 1. The number of hydrogen-bond acceptors (Lipinski definition) is 5. The van der Waals surface area contributed by atoms with Gasteiger partial charge in [-0.05, 0) is 25.5 Å². The summed E-state index contributed by atoms with van der Waals surface area (Å²) in [5.74, 6) is 4.77. The van der Waals surface area contributed by atoms with Crippen molar-refractivity contribution < 1.29 is 9.90 Å². The summed E-state index contributed by atoms with van der Waals surface area (Å²) in [6, 6.07) is 0. The normalized spacial score (nSPS) is 19.2. The van der Waals surface area contributed by atoms with Crippen LogP contribution in [0.15, 0.2) is 34.9 Å². The number of fused-ring (bicyclic) bond motifs is 1. The van der Waals surface area contributed by atoms with Crippen molar-refractivity contribution in [1.82, 2.24) is 15.4 Å². The molecular formula is C10H14N4O2. The fraction of sp³-hybridized carbons (Fsp3) is 0.300. The Kier molecular flexibility index (Phi) is 2.35. The summed E-state index contributed by atoms with van der Waals surface area (Å²) in [5, 5.41) is 12.2. The highest BCUT2D eigenvalue weighted by Gasteiger charge is 2.31. The Bertz CT molecular complexity index is 436. The number of hydrogen-bond donors (Lipinski definition) is 3. The second-order valence-electron chi connectivity index (χ2n) is 3.64. The first kappa shape index (κ1) is 10.6. The van der Waals surface area contributed by atoms with Gasteiger partial charge in [0.05, 0.1) is 5.70 Å². The monoisotopic (exact) mass is 222 g/mol. The predicted molar refractivity (Wildman–Crippen MR) is 58.0 cm³/mol. The maximum absolute atomic E-state index is 11.0. The molecule has 0 bridgehead atoms. The maximum atomic E-state index is 11.0. The average molecular weight is 222 g/mol. The van der Waals surface area contributed by atoms with Crippen LogP contribution in [-0.2, 0) is 4.79 Å². The van der Waals surface area contributed by atoms with E-state index in [2.05, 4.69) is 5.43 Å². The third kappa shape index (κ3) is 1.35. The van der Waals surface area contributed by atoms with Crippen LogP contribution in [-0.4, -0.2) is 27.6 Å². The van der Waals surface area contributed by atoms with Gasteiger partial charge in [-0.25, -0.2) is 10.6 Å². The molecular weight excluding hydrogens is 208 g/mol. The van der Waals surface area contributed by atoms with E-state index in [1.165, 1.54) is 5.01 Å². The molecule has 0 radical (unpaired) electrons. The second kappa shape index (κ2) is 3.57. The standard InChI is InChI=1S/C10H14N4O2/c1-3-13-7-4-6(2)9(10(15)16)14(11)8(7)5-12-13/h4-5,12H,3,11H2,1-2H3,(H,15,16).